The van der Waals surface area contributed by atoms with Crippen LogP contribution < -0.4 is 5.73 Å². The molecule has 0 aliphatic carbocycles. The van der Waals surface area contributed by atoms with E-state index in [2.05, 4.69) is 4.99 Å². The second-order valence-electron chi connectivity index (χ2n) is 1.74. The Balaban J connectivity index is 3.55. The van der Waals surface area contributed by atoms with E-state index in [1.165, 1.54) is 0 Å². The standard InChI is InChI=1S/C7H14N2/c1-3-7(8)5-6-9-4-2/h5-6H,3-4,8H2,1-2H3. The van der Waals surface area contributed by atoms with E-state index >= 15 is 0 Å². The molecular formula is C7H14N2. The lowest BCUT2D eigenvalue weighted by Crippen LogP contribution is -1.94. The summed E-state index contributed by atoms with van der Waals surface area (Å²) < 4.78 is 0. The minimum absolute atomic E-state index is 0.827. The molecule has 0 rings (SSSR count). The van der Waals surface area contributed by atoms with Gasteiger partial charge in [-0.25, -0.2) is 0 Å². The van der Waals surface area contributed by atoms with Crippen LogP contribution in [0, 0.1) is 0 Å². The number of hydrogen-bond donors (Lipinski definition) is 1. The van der Waals surface area contributed by atoms with Gasteiger partial charge in [0.15, 0.2) is 0 Å². The van der Waals surface area contributed by atoms with Crippen LogP contribution in [-0.4, -0.2) is 12.8 Å². The first-order chi connectivity index (χ1) is 4.31. The highest BCUT2D eigenvalue weighted by Crippen LogP contribution is 1.86. The largest absolute Gasteiger partial charge is 0.402 e. The maximum atomic E-state index is 5.48. The Hall–Kier alpha value is -0.790. The van der Waals surface area contributed by atoms with Crippen molar-refractivity contribution in [2.24, 2.45) is 10.7 Å². The molecule has 0 aliphatic rings. The predicted octanol–water partition coefficient (Wildman–Crippen LogP) is 1.33. The van der Waals surface area contributed by atoms with Crippen LogP contribution in [-0.2, 0) is 0 Å². The first-order valence-corrected chi connectivity index (χ1v) is 3.25. The number of rotatable bonds is 3. The average Bonchev–Trinajstić information content (AvgIpc) is 1.89. The fraction of sp³-hybridized carbons (Fsp3) is 0.571. The van der Waals surface area contributed by atoms with E-state index in [4.69, 9.17) is 5.73 Å². The van der Waals surface area contributed by atoms with Gasteiger partial charge in [-0.05, 0) is 19.4 Å². The number of nitrogens with two attached hydrogens (primary N) is 1. The van der Waals surface area contributed by atoms with Gasteiger partial charge < -0.3 is 5.73 Å². The molecule has 0 aromatic carbocycles. The number of allylic oxidation sites excluding steroid dienone is 2. The molecule has 0 saturated heterocycles. The summed E-state index contributed by atoms with van der Waals surface area (Å²) in [5, 5.41) is 0. The van der Waals surface area contributed by atoms with Gasteiger partial charge in [0, 0.05) is 18.5 Å². The smallest absolute Gasteiger partial charge is 0.0360 e. The van der Waals surface area contributed by atoms with Gasteiger partial charge in [-0.15, -0.1) is 0 Å². The van der Waals surface area contributed by atoms with Gasteiger partial charge >= 0.3 is 0 Å². The predicted molar refractivity (Wildman–Crippen MR) is 41.6 cm³/mol. The third-order valence-corrected chi connectivity index (χ3v) is 0.985. The molecule has 0 bridgehead atoms. The summed E-state index contributed by atoms with van der Waals surface area (Å²) in [4.78, 5) is 3.98. The van der Waals surface area contributed by atoms with Gasteiger partial charge in [0.1, 0.15) is 0 Å². The van der Waals surface area contributed by atoms with Crippen LogP contribution in [0.5, 0.6) is 0 Å². The molecule has 0 saturated carbocycles. The molecule has 0 radical (unpaired) electrons. The average molecular weight is 126 g/mol. The molecule has 2 nitrogen and oxygen atoms in total. The second-order valence-corrected chi connectivity index (χ2v) is 1.74. The summed E-state index contributed by atoms with van der Waals surface area (Å²) in [6.45, 7) is 4.84. The topological polar surface area (TPSA) is 38.4 Å². The Kier molecular flexibility index (Phi) is 4.88. The van der Waals surface area contributed by atoms with Gasteiger partial charge in [0.25, 0.3) is 0 Å². The van der Waals surface area contributed by atoms with E-state index in [9.17, 15) is 0 Å². The van der Waals surface area contributed by atoms with Crippen LogP contribution in [0.3, 0.4) is 0 Å². The van der Waals surface area contributed by atoms with Crippen LogP contribution in [0.4, 0.5) is 0 Å². The van der Waals surface area contributed by atoms with Crippen LogP contribution in [0.1, 0.15) is 20.3 Å². The van der Waals surface area contributed by atoms with E-state index in [0.717, 1.165) is 18.7 Å². The molecule has 0 aliphatic heterocycles. The van der Waals surface area contributed by atoms with Crippen molar-refractivity contribution in [2.45, 2.75) is 20.3 Å². The zero-order chi connectivity index (χ0) is 7.11. The third-order valence-electron chi connectivity index (χ3n) is 0.985. The molecular weight excluding hydrogens is 112 g/mol. The van der Waals surface area contributed by atoms with E-state index in [1.807, 2.05) is 19.9 Å². The fourth-order valence-corrected chi connectivity index (χ4v) is 0.372. The summed E-state index contributed by atoms with van der Waals surface area (Å²) in [6, 6.07) is 0. The third kappa shape index (κ3) is 5.07. The minimum atomic E-state index is 0.827. The van der Waals surface area contributed by atoms with E-state index < -0.39 is 0 Å². The Morgan fingerprint density at radius 3 is 2.67 bits per heavy atom. The van der Waals surface area contributed by atoms with Crippen LogP contribution in [0.25, 0.3) is 0 Å². The molecule has 0 fully saturated rings. The summed E-state index contributed by atoms with van der Waals surface area (Å²) >= 11 is 0. The summed E-state index contributed by atoms with van der Waals surface area (Å²) in [5.74, 6) is 0. The summed E-state index contributed by atoms with van der Waals surface area (Å²) in [6.07, 6.45) is 4.48. The first kappa shape index (κ1) is 8.21. The molecule has 0 amide bonds. The van der Waals surface area contributed by atoms with Crippen LogP contribution >= 0.6 is 0 Å². The van der Waals surface area contributed by atoms with Gasteiger partial charge in [-0.2, -0.15) is 0 Å². The molecule has 52 valence electrons. The van der Waals surface area contributed by atoms with Gasteiger partial charge in [-0.3, -0.25) is 4.99 Å². The molecule has 0 aromatic rings. The van der Waals surface area contributed by atoms with Crippen LogP contribution in [0.2, 0.25) is 0 Å². The fourth-order valence-electron chi connectivity index (χ4n) is 0.372. The lowest BCUT2D eigenvalue weighted by molar-refractivity contribution is 1.07. The van der Waals surface area contributed by atoms with Crippen molar-refractivity contribution in [3.8, 4) is 0 Å². The second kappa shape index (κ2) is 5.35. The highest BCUT2D eigenvalue weighted by molar-refractivity contribution is 5.71. The normalized spacial score (nSPS) is 12.9. The van der Waals surface area contributed by atoms with Gasteiger partial charge in [0.05, 0.1) is 0 Å². The number of nitrogens with zero attached hydrogens (tertiary/aromatic N) is 1. The van der Waals surface area contributed by atoms with Crippen LogP contribution in [0.15, 0.2) is 16.8 Å². The molecule has 9 heavy (non-hydrogen) atoms. The van der Waals surface area contributed by atoms with Crippen molar-refractivity contribution in [3.63, 3.8) is 0 Å². The maximum absolute atomic E-state index is 5.48. The van der Waals surface area contributed by atoms with Crippen molar-refractivity contribution in [1.29, 1.82) is 0 Å². The summed E-state index contributed by atoms with van der Waals surface area (Å²) in [5.41, 5.74) is 6.37. The molecule has 2 heteroatoms. The van der Waals surface area contributed by atoms with Gasteiger partial charge in [0.2, 0.25) is 0 Å². The zero-order valence-electron chi connectivity index (χ0n) is 6.09. The van der Waals surface area contributed by atoms with Crippen molar-refractivity contribution < 1.29 is 0 Å². The maximum Gasteiger partial charge on any atom is 0.0360 e. The molecule has 0 unspecified atom stereocenters. The lowest BCUT2D eigenvalue weighted by Gasteiger charge is -1.88. The highest BCUT2D eigenvalue weighted by Gasteiger charge is 1.77. The molecule has 0 aromatic heterocycles. The molecule has 0 atom stereocenters. The van der Waals surface area contributed by atoms with E-state index in [0.29, 0.717) is 0 Å². The zero-order valence-corrected chi connectivity index (χ0v) is 6.09. The first-order valence-electron chi connectivity index (χ1n) is 3.25. The Bertz CT molecular complexity index is 114. The minimum Gasteiger partial charge on any atom is -0.402 e. The summed E-state index contributed by atoms with van der Waals surface area (Å²) in [7, 11) is 0. The van der Waals surface area contributed by atoms with E-state index in [1.54, 1.807) is 6.21 Å². The highest BCUT2D eigenvalue weighted by atomic mass is 14.7. The Morgan fingerprint density at radius 1 is 1.56 bits per heavy atom. The van der Waals surface area contributed by atoms with Gasteiger partial charge in [-0.1, -0.05) is 6.92 Å². The Labute approximate surface area is 56.5 Å². The van der Waals surface area contributed by atoms with Crippen molar-refractivity contribution in [1.82, 2.24) is 0 Å². The quantitative estimate of drug-likeness (QED) is 0.569. The van der Waals surface area contributed by atoms with Crippen molar-refractivity contribution >= 4 is 6.21 Å². The monoisotopic (exact) mass is 126 g/mol. The van der Waals surface area contributed by atoms with E-state index in [-0.39, 0.29) is 0 Å². The SMILES string of the molecule is CCN=CC=C(N)CC. The lowest BCUT2D eigenvalue weighted by atomic mass is 10.3. The molecule has 0 heterocycles. The number of aliphatic imine (C=N–C) groups is 1. The number of hydrogen-bond acceptors (Lipinski definition) is 2. The Morgan fingerprint density at radius 2 is 2.22 bits per heavy atom. The van der Waals surface area contributed by atoms with Crippen molar-refractivity contribution in [2.75, 3.05) is 6.54 Å². The van der Waals surface area contributed by atoms with Crippen molar-refractivity contribution in [3.05, 3.63) is 11.8 Å². The molecule has 2 N–H and O–H groups in total. The molecule has 0 spiro atoms.